The third-order valence-electron chi connectivity index (χ3n) is 14.7. The number of esters is 1. The first-order chi connectivity index (χ1) is 31.9. The van der Waals surface area contributed by atoms with Crippen LogP contribution in [0.2, 0.25) is 19.6 Å². The van der Waals surface area contributed by atoms with Crippen molar-refractivity contribution in [1.29, 1.82) is 0 Å². The van der Waals surface area contributed by atoms with Gasteiger partial charge in [0, 0.05) is 58.5 Å². The molecule has 1 saturated carbocycles. The number of allylic oxidation sites excluding steroid dienone is 6. The molecule has 2 bridgehead atoms. The van der Waals surface area contributed by atoms with E-state index in [0.717, 1.165) is 24.8 Å². The molecule has 384 valence electrons. The second-order valence-electron chi connectivity index (χ2n) is 21.4. The molecule has 15 atom stereocenters. The van der Waals surface area contributed by atoms with Crippen molar-refractivity contribution in [2.24, 2.45) is 35.5 Å². The summed E-state index contributed by atoms with van der Waals surface area (Å²) in [6.45, 7) is 19.3. The lowest BCUT2D eigenvalue weighted by Gasteiger charge is -2.41. The molecule has 4 aliphatic rings. The number of ketones is 3. The third-order valence-corrected chi connectivity index (χ3v) is 15.7. The predicted octanol–water partition coefficient (Wildman–Crippen LogP) is 7.65. The summed E-state index contributed by atoms with van der Waals surface area (Å²) in [7, 11) is 2.83. The highest BCUT2D eigenvalue weighted by Gasteiger charge is 2.53. The molecular formula is C53H85NO13Si. The van der Waals surface area contributed by atoms with Crippen molar-refractivity contribution in [1.82, 2.24) is 4.90 Å². The van der Waals surface area contributed by atoms with E-state index >= 15 is 0 Å². The van der Waals surface area contributed by atoms with Crippen molar-refractivity contribution < 1.29 is 62.3 Å². The first-order valence-corrected chi connectivity index (χ1v) is 28.5. The van der Waals surface area contributed by atoms with Gasteiger partial charge < -0.3 is 43.2 Å². The van der Waals surface area contributed by atoms with Gasteiger partial charge >= 0.3 is 5.97 Å². The van der Waals surface area contributed by atoms with Crippen molar-refractivity contribution in [3.05, 3.63) is 47.6 Å². The molecular weight excluding hydrogens is 887 g/mol. The van der Waals surface area contributed by atoms with Gasteiger partial charge in [-0.05, 0) is 120 Å². The molecule has 1 amide bonds. The molecule has 1 aliphatic carbocycles. The minimum absolute atomic E-state index is 0.0122. The maximum absolute atomic E-state index is 14.4. The summed E-state index contributed by atoms with van der Waals surface area (Å²) < 4.78 is 36.3. The van der Waals surface area contributed by atoms with E-state index in [1.54, 1.807) is 41.1 Å². The number of Topliss-reactive ketones (excluding diaryl/α,β-unsaturated/α-hetero) is 3. The van der Waals surface area contributed by atoms with E-state index in [1.807, 2.05) is 58.1 Å². The number of carbonyl (C=O) groups is 5. The number of amides is 1. The Labute approximate surface area is 407 Å². The lowest BCUT2D eigenvalue weighted by atomic mass is 9.78. The Morgan fingerprint density at radius 3 is 2.21 bits per heavy atom. The molecule has 0 spiro atoms. The van der Waals surface area contributed by atoms with Crippen molar-refractivity contribution in [3.8, 4) is 0 Å². The van der Waals surface area contributed by atoms with Gasteiger partial charge in [-0.3, -0.25) is 19.2 Å². The third kappa shape index (κ3) is 15.4. The number of carbonyl (C=O) groups excluding carboxylic acids is 5. The molecule has 3 heterocycles. The number of aliphatic hydroxyl groups excluding tert-OH is 1. The predicted molar refractivity (Wildman–Crippen MR) is 263 cm³/mol. The molecule has 0 unspecified atom stereocenters. The SMILES string of the molecule is CO[C@H]1C[C@@H]2CC[C@@H](C)[C@@](O)(O2)C(=O)C(=O)N2CCC[C@H]2C(=O)O[C@H]([C@H](C)C[C@@H]2CC[C@@H](O[Si](C)(C)C)[C@H](OC)C2)CC(=O)[C@H](C)/C=C(\C)[C@@H](O)[C@@H](OC)C(=O)[C@H](C)C[C@H](C)/C=C/C=C/C=C/1C. The van der Waals surface area contributed by atoms with Gasteiger partial charge in [-0.1, -0.05) is 71.1 Å². The molecule has 2 N–H and O–H groups in total. The van der Waals surface area contributed by atoms with E-state index in [0.29, 0.717) is 44.1 Å². The first-order valence-electron chi connectivity index (χ1n) is 25.1. The van der Waals surface area contributed by atoms with Gasteiger partial charge in [0.05, 0.1) is 24.4 Å². The van der Waals surface area contributed by atoms with Gasteiger partial charge in [0.25, 0.3) is 11.7 Å². The van der Waals surface area contributed by atoms with Gasteiger partial charge in [0.2, 0.25) is 5.79 Å². The zero-order valence-electron chi connectivity index (χ0n) is 43.4. The lowest BCUT2D eigenvalue weighted by molar-refractivity contribution is -0.265. The van der Waals surface area contributed by atoms with Gasteiger partial charge in [-0.2, -0.15) is 0 Å². The van der Waals surface area contributed by atoms with Gasteiger partial charge in [-0.15, -0.1) is 0 Å². The summed E-state index contributed by atoms with van der Waals surface area (Å²) in [5.74, 6) is -7.73. The van der Waals surface area contributed by atoms with Crippen LogP contribution in [-0.4, -0.2) is 135 Å². The molecule has 4 rings (SSSR count). The fourth-order valence-corrected chi connectivity index (χ4v) is 11.7. The van der Waals surface area contributed by atoms with Gasteiger partial charge in [0.15, 0.2) is 14.1 Å². The first kappa shape index (κ1) is 57.4. The van der Waals surface area contributed by atoms with Crippen LogP contribution in [0, 0.1) is 35.5 Å². The second kappa shape index (κ2) is 25.8. The highest BCUT2D eigenvalue weighted by Crippen LogP contribution is 2.38. The van der Waals surface area contributed by atoms with E-state index in [-0.39, 0.29) is 60.9 Å². The highest BCUT2D eigenvalue weighted by molar-refractivity contribution is 6.69. The summed E-state index contributed by atoms with van der Waals surface area (Å²) in [6.07, 6.45) is 12.1. The monoisotopic (exact) mass is 972 g/mol. The largest absolute Gasteiger partial charge is 0.460 e. The molecule has 0 radical (unpaired) electrons. The average Bonchev–Trinajstić information content (AvgIpc) is 3.78. The van der Waals surface area contributed by atoms with Crippen LogP contribution in [-0.2, 0) is 52.1 Å². The number of nitrogens with zero attached hydrogens (tertiary/aromatic N) is 1. The number of cyclic esters (lactones) is 1. The van der Waals surface area contributed by atoms with Crippen molar-refractivity contribution >= 4 is 37.5 Å². The fourth-order valence-electron chi connectivity index (χ4n) is 10.5. The van der Waals surface area contributed by atoms with E-state index in [2.05, 4.69) is 19.6 Å². The van der Waals surface area contributed by atoms with Crippen molar-refractivity contribution in [2.45, 2.75) is 193 Å². The minimum atomic E-state index is -2.42. The van der Waals surface area contributed by atoms with Crippen molar-refractivity contribution in [2.75, 3.05) is 27.9 Å². The van der Waals surface area contributed by atoms with Crippen LogP contribution >= 0.6 is 0 Å². The normalized spacial score (nSPS) is 39.2. The maximum Gasteiger partial charge on any atom is 0.329 e. The van der Waals surface area contributed by atoms with E-state index in [1.165, 1.54) is 12.0 Å². The standard InChI is InChI=1S/C53H85NO13Si/c1-32-18-15-14-16-19-33(2)44(62-8)30-40-23-21-38(7)53(61,66-40)50(58)51(59)54-25-17-20-41(54)52(60)65-45(35(4)28-39-22-24-43(46(29-39)63-9)67-68(11,12)13)31-42(55)34(3)27-37(6)48(57)49(64-10)47(56)36(5)26-32/h14-16,18-19,27,32,34-36,38-41,43-46,48-49,57,61H,17,20-26,28-31H2,1-13H3/b16-14+,18-15+,33-19+,37-27+/t32-,34-,35-,36-,38-,39+,40+,41+,43-,44+,45+,46-,48-,49+,53-/m1/s1. The van der Waals surface area contributed by atoms with E-state index < -0.39 is 86.1 Å². The molecule has 0 aromatic rings. The summed E-state index contributed by atoms with van der Waals surface area (Å²) in [6, 6.07) is -1.12. The Bertz CT molecular complexity index is 1860. The zero-order valence-corrected chi connectivity index (χ0v) is 44.4. The molecule has 0 aromatic carbocycles. The Balaban J connectivity index is 1.68. The summed E-state index contributed by atoms with van der Waals surface area (Å²) >= 11 is 0. The van der Waals surface area contributed by atoms with Crippen LogP contribution in [0.3, 0.4) is 0 Å². The molecule has 3 fully saturated rings. The number of fused-ring (bicyclic) bond motifs is 3. The number of aliphatic hydroxyl groups is 2. The molecule has 0 aromatic heterocycles. The molecule has 15 heteroatoms. The zero-order chi connectivity index (χ0) is 50.7. The van der Waals surface area contributed by atoms with Crippen LogP contribution in [0.1, 0.15) is 119 Å². The summed E-state index contributed by atoms with van der Waals surface area (Å²) in [5, 5.41) is 23.4. The van der Waals surface area contributed by atoms with E-state index in [9.17, 15) is 34.2 Å². The molecule has 68 heavy (non-hydrogen) atoms. The number of hydrogen-bond donors (Lipinski definition) is 2. The topological polar surface area (TPSA) is 184 Å². The van der Waals surface area contributed by atoms with Crippen LogP contribution in [0.15, 0.2) is 47.6 Å². The molecule has 14 nitrogen and oxygen atoms in total. The average molecular weight is 972 g/mol. The Kier molecular flexibility index (Phi) is 21.8. The molecule has 3 aliphatic heterocycles. The number of ether oxygens (including phenoxy) is 5. The Hall–Kier alpha value is -3.15. The van der Waals surface area contributed by atoms with Gasteiger partial charge in [0.1, 0.15) is 30.1 Å². The number of methoxy groups -OCH3 is 3. The Morgan fingerprint density at radius 2 is 1.56 bits per heavy atom. The van der Waals surface area contributed by atoms with E-state index in [4.69, 9.17) is 28.1 Å². The summed E-state index contributed by atoms with van der Waals surface area (Å²) in [5.41, 5.74) is 1.29. The Morgan fingerprint density at radius 1 is 0.853 bits per heavy atom. The fraction of sp³-hybridized carbons (Fsp3) is 0.755. The van der Waals surface area contributed by atoms with Crippen LogP contribution in [0.5, 0.6) is 0 Å². The summed E-state index contributed by atoms with van der Waals surface area (Å²) in [4.78, 5) is 71.8. The highest BCUT2D eigenvalue weighted by atomic mass is 28.4. The number of rotatable bonds is 8. The van der Waals surface area contributed by atoms with Crippen LogP contribution in [0.25, 0.3) is 0 Å². The lowest BCUT2D eigenvalue weighted by Crippen LogP contribution is -2.59. The smallest absolute Gasteiger partial charge is 0.329 e. The molecule has 2 saturated heterocycles. The maximum atomic E-state index is 14.4. The minimum Gasteiger partial charge on any atom is -0.460 e. The van der Waals surface area contributed by atoms with Crippen LogP contribution < -0.4 is 0 Å². The second-order valence-corrected chi connectivity index (χ2v) is 25.9. The van der Waals surface area contributed by atoms with Crippen molar-refractivity contribution in [3.63, 3.8) is 0 Å². The van der Waals surface area contributed by atoms with Crippen LogP contribution in [0.4, 0.5) is 0 Å². The quantitative estimate of drug-likeness (QED) is 0.105. The van der Waals surface area contributed by atoms with Gasteiger partial charge in [-0.25, -0.2) is 4.79 Å². The number of hydrogen-bond acceptors (Lipinski definition) is 13.